The van der Waals surface area contributed by atoms with E-state index in [1.54, 1.807) is 17.7 Å². The molecule has 0 radical (unpaired) electrons. The van der Waals surface area contributed by atoms with Crippen molar-refractivity contribution in [2.24, 2.45) is 0 Å². The summed E-state index contributed by atoms with van der Waals surface area (Å²) in [4.78, 5) is 24.2. The summed E-state index contributed by atoms with van der Waals surface area (Å²) >= 11 is 4.96. The van der Waals surface area contributed by atoms with Crippen molar-refractivity contribution in [3.05, 3.63) is 27.4 Å². The van der Waals surface area contributed by atoms with E-state index in [9.17, 15) is 9.59 Å². The minimum Gasteiger partial charge on any atom is -0.466 e. The lowest BCUT2D eigenvalue weighted by atomic mass is 10.4. The summed E-state index contributed by atoms with van der Waals surface area (Å²) in [6, 6.07) is 1.41. The maximum atomic E-state index is 10.9. The van der Waals surface area contributed by atoms with Crippen molar-refractivity contribution < 1.29 is 9.53 Å². The van der Waals surface area contributed by atoms with E-state index in [-0.39, 0.29) is 11.5 Å². The normalized spacial score (nSPS) is 10.1. The first-order valence-electron chi connectivity index (χ1n) is 5.09. The molecule has 0 fully saturated rings. The van der Waals surface area contributed by atoms with Gasteiger partial charge < -0.3 is 9.30 Å². The van der Waals surface area contributed by atoms with Gasteiger partial charge >= 0.3 is 5.97 Å². The Morgan fingerprint density at radius 3 is 3.00 bits per heavy atom. The highest BCUT2D eigenvalue weighted by Gasteiger charge is 1.98. The van der Waals surface area contributed by atoms with E-state index in [0.717, 1.165) is 0 Å². The van der Waals surface area contributed by atoms with Gasteiger partial charge in [-0.2, -0.15) is 0 Å². The summed E-state index contributed by atoms with van der Waals surface area (Å²) in [7, 11) is 0. The molecule has 0 spiro atoms. The van der Waals surface area contributed by atoms with Crippen LogP contribution in [0.15, 0.2) is 17.1 Å². The van der Waals surface area contributed by atoms with Crippen molar-refractivity contribution in [3.63, 3.8) is 0 Å². The van der Waals surface area contributed by atoms with Crippen molar-refractivity contribution in [1.29, 1.82) is 0 Å². The van der Waals surface area contributed by atoms with Crippen LogP contribution in [0.3, 0.4) is 0 Å². The minimum atomic E-state index is -0.210. The van der Waals surface area contributed by atoms with Gasteiger partial charge in [-0.05, 0) is 18.6 Å². The summed E-state index contributed by atoms with van der Waals surface area (Å²) in [6.45, 7) is 2.74. The van der Waals surface area contributed by atoms with Crippen LogP contribution >= 0.6 is 12.2 Å². The number of rotatable bonds is 5. The molecule has 1 aromatic heterocycles. The highest BCUT2D eigenvalue weighted by Crippen LogP contribution is 1.93. The number of aryl methyl sites for hydroxylation is 1. The average molecular weight is 242 g/mol. The molecule has 0 saturated carbocycles. The Kier molecular flexibility index (Phi) is 4.91. The molecule has 1 heterocycles. The van der Waals surface area contributed by atoms with E-state index in [2.05, 4.69) is 4.98 Å². The molecule has 0 aliphatic carbocycles. The number of aromatic nitrogens is 2. The van der Waals surface area contributed by atoms with E-state index in [1.165, 1.54) is 6.07 Å². The van der Waals surface area contributed by atoms with Gasteiger partial charge in [-0.25, -0.2) is 0 Å². The number of H-pyrrole nitrogens is 1. The number of hydrogen-bond donors (Lipinski definition) is 1. The highest BCUT2D eigenvalue weighted by molar-refractivity contribution is 7.71. The zero-order chi connectivity index (χ0) is 12.0. The molecule has 0 amide bonds. The SMILES string of the molecule is CCC(=O)OCCCn1ccc(=O)[nH]c1=S. The minimum absolute atomic E-state index is 0.204. The van der Waals surface area contributed by atoms with Crippen LogP contribution in [-0.2, 0) is 16.1 Å². The Balaban J connectivity index is 2.41. The predicted octanol–water partition coefficient (Wildman–Crippen LogP) is 1.25. The van der Waals surface area contributed by atoms with E-state index in [1.807, 2.05) is 0 Å². The summed E-state index contributed by atoms with van der Waals surface area (Å²) in [6.07, 6.45) is 2.69. The fourth-order valence-corrected chi connectivity index (χ4v) is 1.40. The van der Waals surface area contributed by atoms with Crippen LogP contribution in [0.5, 0.6) is 0 Å². The van der Waals surface area contributed by atoms with Crippen LogP contribution in [-0.4, -0.2) is 22.1 Å². The molecule has 6 heteroatoms. The first-order chi connectivity index (χ1) is 7.63. The van der Waals surface area contributed by atoms with E-state index in [0.29, 0.717) is 30.8 Å². The van der Waals surface area contributed by atoms with Crippen molar-refractivity contribution in [1.82, 2.24) is 9.55 Å². The quantitative estimate of drug-likeness (QED) is 0.479. The third-order valence-corrected chi connectivity index (χ3v) is 2.33. The van der Waals surface area contributed by atoms with Crippen molar-refractivity contribution in [2.75, 3.05) is 6.61 Å². The van der Waals surface area contributed by atoms with Crippen LogP contribution < -0.4 is 5.56 Å². The maximum absolute atomic E-state index is 10.9. The number of nitrogens with zero attached hydrogens (tertiary/aromatic N) is 1. The van der Waals surface area contributed by atoms with Crippen LogP contribution in [0.2, 0.25) is 0 Å². The number of carbonyl (C=O) groups is 1. The Labute approximate surface area is 98.1 Å². The Bertz CT molecular complexity index is 464. The van der Waals surface area contributed by atoms with Crippen molar-refractivity contribution >= 4 is 18.2 Å². The van der Waals surface area contributed by atoms with Crippen LogP contribution in [0.25, 0.3) is 0 Å². The fraction of sp³-hybridized carbons (Fsp3) is 0.500. The van der Waals surface area contributed by atoms with E-state index < -0.39 is 0 Å². The van der Waals surface area contributed by atoms with Gasteiger partial charge in [-0.15, -0.1) is 0 Å². The van der Waals surface area contributed by atoms with Gasteiger partial charge in [-0.1, -0.05) is 6.92 Å². The van der Waals surface area contributed by atoms with Crippen molar-refractivity contribution in [2.45, 2.75) is 26.3 Å². The first kappa shape index (κ1) is 12.6. The second-order valence-electron chi connectivity index (χ2n) is 3.23. The largest absolute Gasteiger partial charge is 0.466 e. The molecule has 1 aromatic rings. The van der Waals surface area contributed by atoms with Crippen LogP contribution in [0, 0.1) is 4.77 Å². The molecule has 88 valence electrons. The summed E-state index contributed by atoms with van der Waals surface area (Å²) in [5.41, 5.74) is -0.210. The first-order valence-corrected chi connectivity index (χ1v) is 5.49. The van der Waals surface area contributed by atoms with Crippen LogP contribution in [0.1, 0.15) is 19.8 Å². The number of carbonyl (C=O) groups excluding carboxylic acids is 1. The monoisotopic (exact) mass is 242 g/mol. The van der Waals surface area contributed by atoms with Gasteiger partial charge in [-0.3, -0.25) is 14.6 Å². The number of hydrogen-bond acceptors (Lipinski definition) is 4. The lowest BCUT2D eigenvalue weighted by Gasteiger charge is -2.06. The number of aromatic amines is 1. The molecule has 1 rings (SSSR count). The molecule has 0 bridgehead atoms. The van der Waals surface area contributed by atoms with E-state index in [4.69, 9.17) is 17.0 Å². The number of ether oxygens (including phenoxy) is 1. The summed E-state index contributed by atoms with van der Waals surface area (Å²) < 4.78 is 7.03. The molecule has 0 aliphatic heterocycles. The molecule has 5 nitrogen and oxygen atoms in total. The lowest BCUT2D eigenvalue weighted by molar-refractivity contribution is -0.143. The lowest BCUT2D eigenvalue weighted by Crippen LogP contribution is -2.13. The molecular formula is C10H14N2O3S. The standard InChI is InChI=1S/C10H14N2O3S/c1-2-9(14)15-7-3-5-12-6-4-8(13)11-10(12)16/h4,6H,2-3,5,7H2,1H3,(H,11,13,16). The van der Waals surface area contributed by atoms with Crippen molar-refractivity contribution in [3.8, 4) is 0 Å². The number of esters is 1. The molecule has 16 heavy (non-hydrogen) atoms. The maximum Gasteiger partial charge on any atom is 0.305 e. The molecular weight excluding hydrogens is 228 g/mol. The fourth-order valence-electron chi connectivity index (χ4n) is 1.14. The third kappa shape index (κ3) is 3.98. The molecule has 0 saturated heterocycles. The second-order valence-corrected chi connectivity index (χ2v) is 3.62. The van der Waals surface area contributed by atoms with E-state index >= 15 is 0 Å². The van der Waals surface area contributed by atoms with Gasteiger partial charge in [0.25, 0.3) is 5.56 Å². The molecule has 0 aromatic carbocycles. The summed E-state index contributed by atoms with van der Waals surface area (Å²) in [5, 5.41) is 0. The smallest absolute Gasteiger partial charge is 0.305 e. The highest BCUT2D eigenvalue weighted by atomic mass is 32.1. The Morgan fingerprint density at radius 2 is 2.38 bits per heavy atom. The Morgan fingerprint density at radius 1 is 1.62 bits per heavy atom. The zero-order valence-electron chi connectivity index (χ0n) is 9.06. The van der Waals surface area contributed by atoms with Gasteiger partial charge in [0.05, 0.1) is 6.61 Å². The third-order valence-electron chi connectivity index (χ3n) is 1.99. The molecule has 0 atom stereocenters. The zero-order valence-corrected chi connectivity index (χ0v) is 9.88. The Hall–Kier alpha value is -1.43. The van der Waals surface area contributed by atoms with Gasteiger partial charge in [0.2, 0.25) is 0 Å². The van der Waals surface area contributed by atoms with Crippen LogP contribution in [0.4, 0.5) is 0 Å². The molecule has 0 aliphatic rings. The second kappa shape index (κ2) is 6.22. The van der Waals surface area contributed by atoms with Gasteiger partial charge in [0.1, 0.15) is 0 Å². The van der Waals surface area contributed by atoms with Gasteiger partial charge in [0.15, 0.2) is 4.77 Å². The molecule has 0 unspecified atom stereocenters. The average Bonchev–Trinajstić information content (AvgIpc) is 2.26. The number of nitrogens with one attached hydrogen (secondary N) is 1. The predicted molar refractivity (Wildman–Crippen MR) is 61.8 cm³/mol. The van der Waals surface area contributed by atoms with Gasteiger partial charge in [0, 0.05) is 25.2 Å². The topological polar surface area (TPSA) is 64.1 Å². The summed E-state index contributed by atoms with van der Waals surface area (Å²) in [5.74, 6) is -0.204. The molecule has 1 N–H and O–H groups in total.